The molecule has 0 saturated carbocycles. The Morgan fingerprint density at radius 2 is 1.86 bits per heavy atom. The van der Waals surface area contributed by atoms with Gasteiger partial charge in [0.25, 0.3) is 5.91 Å². The Hall–Kier alpha value is -3.19. The fraction of sp³-hybridized carbons (Fsp3) is 0.190. The zero-order valence-corrected chi connectivity index (χ0v) is 16.3. The lowest BCUT2D eigenvalue weighted by Gasteiger charge is -2.11. The molecule has 3 aromatic rings. The van der Waals surface area contributed by atoms with Crippen molar-refractivity contribution in [1.29, 1.82) is 0 Å². The van der Waals surface area contributed by atoms with Gasteiger partial charge in [-0.1, -0.05) is 13.8 Å². The van der Waals surface area contributed by atoms with Crippen molar-refractivity contribution < 1.29 is 13.9 Å². The number of ether oxygens (including phenoxy) is 1. The summed E-state index contributed by atoms with van der Waals surface area (Å²) < 4.78 is 10.7. The third-order valence-corrected chi connectivity index (χ3v) is 4.01. The van der Waals surface area contributed by atoms with Crippen LogP contribution in [0.5, 0.6) is 5.75 Å². The van der Waals surface area contributed by atoms with E-state index in [-0.39, 0.29) is 11.0 Å². The number of carbonyl (C=O) groups excluding carboxylic acids is 1. The van der Waals surface area contributed by atoms with Crippen molar-refractivity contribution in [2.24, 2.45) is 5.92 Å². The highest BCUT2D eigenvalue weighted by Crippen LogP contribution is 2.18. The van der Waals surface area contributed by atoms with Gasteiger partial charge in [0.05, 0.1) is 6.61 Å². The van der Waals surface area contributed by atoms with Crippen LogP contribution in [0.25, 0.3) is 11.0 Å². The lowest BCUT2D eigenvalue weighted by Crippen LogP contribution is -2.34. The van der Waals surface area contributed by atoms with Gasteiger partial charge in [-0.3, -0.25) is 10.1 Å². The van der Waals surface area contributed by atoms with Crippen LogP contribution < -0.4 is 21.0 Å². The van der Waals surface area contributed by atoms with E-state index in [1.807, 2.05) is 0 Å². The lowest BCUT2D eigenvalue weighted by atomic mass is 10.2. The summed E-state index contributed by atoms with van der Waals surface area (Å²) in [5.74, 6) is 0.825. The lowest BCUT2D eigenvalue weighted by molar-refractivity contribution is 0.0977. The summed E-state index contributed by atoms with van der Waals surface area (Å²) in [6.07, 6.45) is 0. The Balaban J connectivity index is 1.60. The zero-order chi connectivity index (χ0) is 20.1. The first-order valence-electron chi connectivity index (χ1n) is 8.80. The maximum atomic E-state index is 12.3. The van der Waals surface area contributed by atoms with Crippen molar-refractivity contribution in [2.75, 3.05) is 11.9 Å². The molecule has 28 heavy (non-hydrogen) atoms. The Morgan fingerprint density at radius 3 is 2.57 bits per heavy atom. The Bertz CT molecular complexity index is 1060. The number of hydrogen-bond donors (Lipinski definition) is 2. The number of carbonyl (C=O) groups is 1. The molecule has 2 N–H and O–H groups in total. The normalized spacial score (nSPS) is 10.7. The molecule has 1 amide bonds. The first-order chi connectivity index (χ1) is 13.4. The number of fused-ring (bicyclic) bond motifs is 1. The van der Waals surface area contributed by atoms with E-state index in [9.17, 15) is 9.59 Å². The summed E-state index contributed by atoms with van der Waals surface area (Å²) in [6, 6.07) is 15.0. The fourth-order valence-corrected chi connectivity index (χ4v) is 2.66. The molecule has 3 rings (SSSR count). The third-order valence-electron chi connectivity index (χ3n) is 3.80. The van der Waals surface area contributed by atoms with Crippen LogP contribution in [-0.4, -0.2) is 17.6 Å². The van der Waals surface area contributed by atoms with Gasteiger partial charge in [0.15, 0.2) is 5.11 Å². The molecule has 0 bridgehead atoms. The molecule has 1 heterocycles. The van der Waals surface area contributed by atoms with Crippen LogP contribution in [0.1, 0.15) is 24.2 Å². The second-order valence-corrected chi connectivity index (χ2v) is 7.05. The number of nitrogens with one attached hydrogen (secondary N) is 2. The van der Waals surface area contributed by atoms with Gasteiger partial charge >= 0.3 is 5.63 Å². The number of rotatable bonds is 5. The van der Waals surface area contributed by atoms with E-state index in [0.29, 0.717) is 35.1 Å². The standard InChI is InChI=1S/C21H20N2O4S/c1-13(2)12-26-17-7-3-14(4-8-17)20(25)23-21(28)22-16-6-9-18-15(11-16)5-10-19(24)27-18/h3-11,13H,12H2,1-2H3,(H2,22,23,25,28). The average Bonchev–Trinajstić information content (AvgIpc) is 2.66. The number of thiocarbonyl (C=S) groups is 1. The minimum absolute atomic E-state index is 0.168. The fourth-order valence-electron chi connectivity index (χ4n) is 2.45. The maximum Gasteiger partial charge on any atom is 0.336 e. The Kier molecular flexibility index (Phi) is 6.06. The highest BCUT2D eigenvalue weighted by Gasteiger charge is 2.09. The molecule has 1 aromatic heterocycles. The summed E-state index contributed by atoms with van der Waals surface area (Å²) in [5, 5.41) is 6.50. The van der Waals surface area contributed by atoms with Crippen LogP contribution in [0.3, 0.4) is 0 Å². The summed E-state index contributed by atoms with van der Waals surface area (Å²) in [7, 11) is 0. The van der Waals surface area contributed by atoms with E-state index in [1.165, 1.54) is 6.07 Å². The highest BCUT2D eigenvalue weighted by atomic mass is 32.1. The minimum Gasteiger partial charge on any atom is -0.493 e. The van der Waals surface area contributed by atoms with Gasteiger partial charge in [0.2, 0.25) is 0 Å². The molecule has 0 atom stereocenters. The van der Waals surface area contributed by atoms with Crippen LogP contribution in [-0.2, 0) is 0 Å². The van der Waals surface area contributed by atoms with Crippen LogP contribution in [0, 0.1) is 5.92 Å². The number of anilines is 1. The van der Waals surface area contributed by atoms with E-state index >= 15 is 0 Å². The van der Waals surface area contributed by atoms with Gasteiger partial charge in [-0.15, -0.1) is 0 Å². The highest BCUT2D eigenvalue weighted by molar-refractivity contribution is 7.80. The molecule has 0 spiro atoms. The molecule has 0 fully saturated rings. The molecule has 144 valence electrons. The molecular weight excluding hydrogens is 376 g/mol. The second kappa shape index (κ2) is 8.67. The topological polar surface area (TPSA) is 80.6 Å². The van der Waals surface area contributed by atoms with Crippen molar-refractivity contribution in [3.63, 3.8) is 0 Å². The van der Waals surface area contributed by atoms with E-state index in [2.05, 4.69) is 24.5 Å². The van der Waals surface area contributed by atoms with E-state index < -0.39 is 5.63 Å². The molecule has 0 aliphatic carbocycles. The van der Waals surface area contributed by atoms with Gasteiger partial charge in [0, 0.05) is 22.7 Å². The SMILES string of the molecule is CC(C)COc1ccc(C(=O)NC(=S)Nc2ccc3oc(=O)ccc3c2)cc1. The predicted molar refractivity (Wildman–Crippen MR) is 113 cm³/mol. The van der Waals surface area contributed by atoms with Gasteiger partial charge in [-0.2, -0.15) is 0 Å². The molecule has 7 heteroatoms. The summed E-state index contributed by atoms with van der Waals surface area (Å²) >= 11 is 5.21. The monoisotopic (exact) mass is 396 g/mol. The average molecular weight is 396 g/mol. The minimum atomic E-state index is -0.406. The summed E-state index contributed by atoms with van der Waals surface area (Å²) in [5.41, 5.74) is 1.22. The molecule has 0 radical (unpaired) electrons. The molecule has 0 saturated heterocycles. The third kappa shape index (κ3) is 5.17. The quantitative estimate of drug-likeness (QED) is 0.502. The number of benzene rings is 2. The van der Waals surface area contributed by atoms with Crippen molar-refractivity contribution >= 4 is 39.9 Å². The summed E-state index contributed by atoms with van der Waals surface area (Å²) in [4.78, 5) is 23.6. The molecular formula is C21H20N2O4S. The van der Waals surface area contributed by atoms with E-state index in [1.54, 1.807) is 48.5 Å². The number of amides is 1. The van der Waals surface area contributed by atoms with Gasteiger partial charge in [-0.05, 0) is 66.7 Å². The Morgan fingerprint density at radius 1 is 1.11 bits per heavy atom. The number of hydrogen-bond acceptors (Lipinski definition) is 5. The molecule has 0 aliphatic heterocycles. The van der Waals surface area contributed by atoms with Crippen molar-refractivity contribution in [3.05, 3.63) is 70.6 Å². The van der Waals surface area contributed by atoms with Gasteiger partial charge < -0.3 is 14.5 Å². The largest absolute Gasteiger partial charge is 0.493 e. The maximum absolute atomic E-state index is 12.3. The van der Waals surface area contributed by atoms with Crippen molar-refractivity contribution in [1.82, 2.24) is 5.32 Å². The van der Waals surface area contributed by atoms with Crippen LogP contribution >= 0.6 is 12.2 Å². The van der Waals surface area contributed by atoms with Crippen LogP contribution in [0.2, 0.25) is 0 Å². The Labute approximate surface area is 167 Å². The predicted octanol–water partition coefficient (Wildman–Crippen LogP) is 3.95. The van der Waals surface area contributed by atoms with Crippen molar-refractivity contribution in [3.8, 4) is 5.75 Å². The zero-order valence-electron chi connectivity index (χ0n) is 15.5. The first-order valence-corrected chi connectivity index (χ1v) is 9.20. The second-order valence-electron chi connectivity index (χ2n) is 6.64. The first kappa shape index (κ1) is 19.6. The van der Waals surface area contributed by atoms with Crippen LogP contribution in [0.15, 0.2) is 63.8 Å². The van der Waals surface area contributed by atoms with Gasteiger partial charge in [-0.25, -0.2) is 4.79 Å². The van der Waals surface area contributed by atoms with E-state index in [0.717, 1.165) is 5.39 Å². The molecule has 0 unspecified atom stereocenters. The van der Waals surface area contributed by atoms with Crippen LogP contribution in [0.4, 0.5) is 5.69 Å². The smallest absolute Gasteiger partial charge is 0.336 e. The van der Waals surface area contributed by atoms with E-state index in [4.69, 9.17) is 21.4 Å². The van der Waals surface area contributed by atoms with Crippen molar-refractivity contribution in [2.45, 2.75) is 13.8 Å². The molecule has 2 aromatic carbocycles. The summed E-state index contributed by atoms with van der Waals surface area (Å²) in [6.45, 7) is 4.76. The molecule has 0 aliphatic rings. The van der Waals surface area contributed by atoms with Gasteiger partial charge in [0.1, 0.15) is 11.3 Å². The molecule has 6 nitrogen and oxygen atoms in total.